The molecule has 2 aromatic carbocycles. The SMILES string of the molecule is C=CCOc1ccc(C2C(=C(O)c3cccc(OCC)c3)C(=O)C(=O)N2CCN2CCOCC2)cc1. The summed E-state index contributed by atoms with van der Waals surface area (Å²) in [5, 5.41) is 11.3. The predicted molar refractivity (Wildman–Crippen MR) is 136 cm³/mol. The Balaban J connectivity index is 1.71. The average molecular weight is 493 g/mol. The molecule has 2 heterocycles. The van der Waals surface area contributed by atoms with Gasteiger partial charge in [0.25, 0.3) is 11.7 Å². The number of aliphatic hydroxyl groups excluding tert-OH is 1. The maximum Gasteiger partial charge on any atom is 0.295 e. The van der Waals surface area contributed by atoms with E-state index >= 15 is 0 Å². The van der Waals surface area contributed by atoms with E-state index in [0.717, 1.165) is 13.1 Å². The molecule has 2 aliphatic rings. The Morgan fingerprint density at radius 3 is 2.53 bits per heavy atom. The second kappa shape index (κ2) is 11.9. The fourth-order valence-electron chi connectivity index (χ4n) is 4.49. The lowest BCUT2D eigenvalue weighted by atomic mass is 9.95. The molecule has 0 saturated carbocycles. The van der Waals surface area contributed by atoms with Crippen LogP contribution in [-0.2, 0) is 14.3 Å². The maximum atomic E-state index is 13.3. The molecule has 8 heteroatoms. The van der Waals surface area contributed by atoms with Gasteiger partial charge in [0.05, 0.1) is 31.4 Å². The zero-order valence-corrected chi connectivity index (χ0v) is 20.5. The molecule has 1 N–H and O–H groups in total. The summed E-state index contributed by atoms with van der Waals surface area (Å²) in [7, 11) is 0. The molecule has 36 heavy (non-hydrogen) atoms. The standard InChI is InChI=1S/C28H32N2O6/c1-3-16-36-22-10-8-20(9-11-22)25-24(26(31)21-6-5-7-23(19-21)35-4-2)27(32)28(33)30(25)13-12-29-14-17-34-18-15-29/h3,5-11,19,25,31H,1,4,12-18H2,2H3. The number of amides is 1. The predicted octanol–water partition coefficient (Wildman–Crippen LogP) is 3.40. The molecule has 0 bridgehead atoms. The number of likely N-dealkylation sites (tertiary alicyclic amines) is 1. The van der Waals surface area contributed by atoms with E-state index in [9.17, 15) is 14.7 Å². The number of nitrogens with zero attached hydrogens (tertiary/aromatic N) is 2. The molecule has 4 rings (SSSR count). The minimum Gasteiger partial charge on any atom is -0.507 e. The molecule has 1 unspecified atom stereocenters. The van der Waals surface area contributed by atoms with E-state index in [1.807, 2.05) is 19.1 Å². The summed E-state index contributed by atoms with van der Waals surface area (Å²) in [4.78, 5) is 30.2. The van der Waals surface area contributed by atoms with Gasteiger partial charge < -0.3 is 24.2 Å². The normalized spacial score (nSPS) is 19.9. The lowest BCUT2D eigenvalue weighted by molar-refractivity contribution is -0.140. The third kappa shape index (κ3) is 5.61. The fraction of sp³-hybridized carbons (Fsp3) is 0.357. The summed E-state index contributed by atoms with van der Waals surface area (Å²) in [5.74, 6) is -0.325. The minimum atomic E-state index is -0.727. The van der Waals surface area contributed by atoms with Crippen molar-refractivity contribution in [2.45, 2.75) is 13.0 Å². The number of carbonyl (C=O) groups excluding carboxylic acids is 2. The molecule has 2 aromatic rings. The van der Waals surface area contributed by atoms with Crippen molar-refractivity contribution in [3.63, 3.8) is 0 Å². The summed E-state index contributed by atoms with van der Waals surface area (Å²) in [6.07, 6.45) is 1.66. The lowest BCUT2D eigenvalue weighted by Crippen LogP contribution is -2.42. The number of Topliss-reactive ketones (excluding diaryl/α,β-unsaturated/α-hetero) is 1. The number of hydrogen-bond acceptors (Lipinski definition) is 7. The third-order valence-corrected chi connectivity index (χ3v) is 6.28. The van der Waals surface area contributed by atoms with Crippen LogP contribution in [0.5, 0.6) is 11.5 Å². The Hall–Kier alpha value is -3.62. The summed E-state index contributed by atoms with van der Waals surface area (Å²) in [6.45, 7) is 10.1. The summed E-state index contributed by atoms with van der Waals surface area (Å²) in [6, 6.07) is 13.4. The van der Waals surface area contributed by atoms with Crippen molar-refractivity contribution >= 4 is 17.4 Å². The number of ether oxygens (including phenoxy) is 3. The largest absolute Gasteiger partial charge is 0.507 e. The van der Waals surface area contributed by atoms with Gasteiger partial charge in [0.15, 0.2) is 0 Å². The van der Waals surface area contributed by atoms with Gasteiger partial charge in [-0.15, -0.1) is 0 Å². The van der Waals surface area contributed by atoms with Crippen molar-refractivity contribution in [1.82, 2.24) is 9.80 Å². The van der Waals surface area contributed by atoms with Crippen LogP contribution in [0.1, 0.15) is 24.1 Å². The summed E-state index contributed by atoms with van der Waals surface area (Å²) < 4.78 is 16.6. The molecule has 8 nitrogen and oxygen atoms in total. The van der Waals surface area contributed by atoms with Gasteiger partial charge in [-0.1, -0.05) is 36.9 Å². The smallest absolute Gasteiger partial charge is 0.295 e. The maximum absolute atomic E-state index is 13.3. The van der Waals surface area contributed by atoms with Crippen LogP contribution in [0.15, 0.2) is 66.8 Å². The summed E-state index contributed by atoms with van der Waals surface area (Å²) in [5.41, 5.74) is 1.20. The highest BCUT2D eigenvalue weighted by Crippen LogP contribution is 2.40. The van der Waals surface area contributed by atoms with Crippen molar-refractivity contribution in [3.05, 3.63) is 77.9 Å². The first-order valence-corrected chi connectivity index (χ1v) is 12.2. The minimum absolute atomic E-state index is 0.0652. The monoisotopic (exact) mass is 492 g/mol. The molecule has 1 atom stereocenters. The highest BCUT2D eigenvalue weighted by atomic mass is 16.5. The Bertz CT molecular complexity index is 1120. The highest BCUT2D eigenvalue weighted by Gasteiger charge is 2.46. The molecule has 0 aromatic heterocycles. The van der Waals surface area contributed by atoms with Crippen LogP contribution in [0.4, 0.5) is 0 Å². The van der Waals surface area contributed by atoms with E-state index in [1.54, 1.807) is 47.4 Å². The molecule has 2 fully saturated rings. The number of morpholine rings is 1. The molecule has 1 amide bonds. The van der Waals surface area contributed by atoms with Crippen LogP contribution in [0.2, 0.25) is 0 Å². The second-order valence-corrected chi connectivity index (χ2v) is 8.58. The first-order chi connectivity index (χ1) is 17.5. The lowest BCUT2D eigenvalue weighted by Gasteiger charge is -2.31. The Labute approximate surface area is 211 Å². The molecular weight excluding hydrogens is 460 g/mol. The Morgan fingerprint density at radius 2 is 1.83 bits per heavy atom. The van der Waals surface area contributed by atoms with Gasteiger partial charge in [-0.2, -0.15) is 0 Å². The quantitative estimate of drug-likeness (QED) is 0.235. The van der Waals surface area contributed by atoms with Crippen molar-refractivity contribution in [2.24, 2.45) is 0 Å². The zero-order valence-electron chi connectivity index (χ0n) is 20.5. The van der Waals surface area contributed by atoms with E-state index in [0.29, 0.717) is 62.1 Å². The van der Waals surface area contributed by atoms with Gasteiger partial charge in [0, 0.05) is 31.7 Å². The number of carbonyl (C=O) groups is 2. The van der Waals surface area contributed by atoms with Gasteiger partial charge in [0.2, 0.25) is 0 Å². The Kier molecular flexibility index (Phi) is 8.40. The van der Waals surface area contributed by atoms with Crippen molar-refractivity contribution in [3.8, 4) is 11.5 Å². The fourth-order valence-corrected chi connectivity index (χ4v) is 4.49. The molecule has 190 valence electrons. The van der Waals surface area contributed by atoms with Gasteiger partial charge in [0.1, 0.15) is 23.9 Å². The molecule has 0 spiro atoms. The van der Waals surface area contributed by atoms with Crippen LogP contribution in [0.3, 0.4) is 0 Å². The van der Waals surface area contributed by atoms with E-state index in [4.69, 9.17) is 14.2 Å². The van der Waals surface area contributed by atoms with Crippen LogP contribution in [0.25, 0.3) is 5.76 Å². The van der Waals surface area contributed by atoms with E-state index in [1.165, 1.54) is 0 Å². The van der Waals surface area contributed by atoms with Crippen LogP contribution in [0, 0.1) is 0 Å². The van der Waals surface area contributed by atoms with E-state index in [2.05, 4.69) is 11.5 Å². The van der Waals surface area contributed by atoms with E-state index in [-0.39, 0.29) is 11.3 Å². The van der Waals surface area contributed by atoms with Crippen molar-refractivity contribution in [2.75, 3.05) is 52.6 Å². The third-order valence-electron chi connectivity index (χ3n) is 6.28. The highest BCUT2D eigenvalue weighted by molar-refractivity contribution is 6.46. The number of aliphatic hydroxyl groups is 1. The number of hydrogen-bond donors (Lipinski definition) is 1. The number of benzene rings is 2. The zero-order chi connectivity index (χ0) is 25.5. The summed E-state index contributed by atoms with van der Waals surface area (Å²) >= 11 is 0. The molecule has 0 radical (unpaired) electrons. The van der Waals surface area contributed by atoms with Gasteiger partial charge in [-0.3, -0.25) is 14.5 Å². The van der Waals surface area contributed by atoms with Crippen LogP contribution in [-0.4, -0.2) is 79.2 Å². The number of ketones is 1. The van der Waals surface area contributed by atoms with E-state index < -0.39 is 17.7 Å². The molecule has 2 aliphatic heterocycles. The topological polar surface area (TPSA) is 88.5 Å². The van der Waals surface area contributed by atoms with Gasteiger partial charge in [-0.05, 0) is 36.8 Å². The van der Waals surface area contributed by atoms with Gasteiger partial charge in [-0.25, -0.2) is 0 Å². The van der Waals surface area contributed by atoms with Crippen molar-refractivity contribution in [1.29, 1.82) is 0 Å². The average Bonchev–Trinajstić information content (AvgIpc) is 3.16. The first kappa shape index (κ1) is 25.5. The Morgan fingerprint density at radius 1 is 1.08 bits per heavy atom. The second-order valence-electron chi connectivity index (χ2n) is 8.58. The van der Waals surface area contributed by atoms with Crippen molar-refractivity contribution < 1.29 is 28.9 Å². The molecule has 0 aliphatic carbocycles. The molecule has 2 saturated heterocycles. The van der Waals surface area contributed by atoms with Crippen LogP contribution < -0.4 is 9.47 Å². The number of rotatable bonds is 10. The van der Waals surface area contributed by atoms with Gasteiger partial charge >= 0.3 is 0 Å². The first-order valence-electron chi connectivity index (χ1n) is 12.2. The molecular formula is C28H32N2O6. The van der Waals surface area contributed by atoms with Crippen LogP contribution >= 0.6 is 0 Å².